The summed E-state index contributed by atoms with van der Waals surface area (Å²) in [6.45, 7) is 10.6. The molecule has 0 bridgehead atoms. The summed E-state index contributed by atoms with van der Waals surface area (Å²) in [7, 11) is -6.89. The maximum Gasteiger partial charge on any atom is 0.243 e. The third kappa shape index (κ3) is 4.85. The second-order valence-electron chi connectivity index (χ2n) is 8.23. The van der Waals surface area contributed by atoms with Crippen LogP contribution in [0.1, 0.15) is 50.3 Å². The number of piperidine rings is 1. The van der Waals surface area contributed by atoms with Crippen molar-refractivity contribution in [2.75, 3.05) is 19.3 Å². The van der Waals surface area contributed by atoms with Crippen LogP contribution in [-0.2, 0) is 25.5 Å². The molecule has 0 aromatic heterocycles. The molecule has 148 valence electrons. The molecule has 2 rings (SSSR count). The highest BCUT2D eigenvalue weighted by Gasteiger charge is 2.32. The third-order valence-electron chi connectivity index (χ3n) is 4.94. The third-order valence-corrected chi connectivity index (χ3v) is 7.72. The van der Waals surface area contributed by atoms with Gasteiger partial charge in [0.15, 0.2) is 0 Å². The average molecular weight is 403 g/mol. The standard InChI is InChI=1S/C18H30N2O4S2/c1-13-11-15(18(3,4)5)12-17(14(13)2)26(23,24)20-9-7-16(8-10-20)19-25(6,21)22/h11-12,16,19H,7-10H2,1-6H3. The van der Waals surface area contributed by atoms with E-state index in [9.17, 15) is 16.8 Å². The zero-order chi connectivity index (χ0) is 19.9. The monoisotopic (exact) mass is 402 g/mol. The van der Waals surface area contributed by atoms with E-state index in [2.05, 4.69) is 31.6 Å². The van der Waals surface area contributed by atoms with Crippen molar-refractivity contribution in [1.29, 1.82) is 0 Å². The van der Waals surface area contributed by atoms with Crippen LogP contribution >= 0.6 is 0 Å². The predicted molar refractivity (Wildman–Crippen MR) is 104 cm³/mol. The van der Waals surface area contributed by atoms with Crippen molar-refractivity contribution in [3.63, 3.8) is 0 Å². The number of hydrogen-bond acceptors (Lipinski definition) is 4. The van der Waals surface area contributed by atoms with Crippen molar-refractivity contribution in [1.82, 2.24) is 9.03 Å². The van der Waals surface area contributed by atoms with Crippen LogP contribution in [0.4, 0.5) is 0 Å². The summed E-state index contributed by atoms with van der Waals surface area (Å²) in [5.74, 6) is 0. The Morgan fingerprint density at radius 3 is 2.04 bits per heavy atom. The molecule has 8 heteroatoms. The Morgan fingerprint density at radius 1 is 1.04 bits per heavy atom. The molecule has 26 heavy (non-hydrogen) atoms. The lowest BCUT2D eigenvalue weighted by Crippen LogP contribution is -2.46. The van der Waals surface area contributed by atoms with Gasteiger partial charge in [-0.05, 0) is 54.9 Å². The van der Waals surface area contributed by atoms with E-state index in [1.807, 2.05) is 13.8 Å². The van der Waals surface area contributed by atoms with Gasteiger partial charge >= 0.3 is 0 Å². The topological polar surface area (TPSA) is 83.6 Å². The number of benzene rings is 1. The molecule has 1 aliphatic heterocycles. The molecule has 1 aromatic carbocycles. The lowest BCUT2D eigenvalue weighted by atomic mass is 9.85. The molecular weight excluding hydrogens is 372 g/mol. The van der Waals surface area contributed by atoms with Crippen LogP contribution in [-0.4, -0.2) is 46.5 Å². The lowest BCUT2D eigenvalue weighted by Gasteiger charge is -2.32. The molecule has 1 heterocycles. The summed E-state index contributed by atoms with van der Waals surface area (Å²) in [6.07, 6.45) is 2.08. The Bertz CT molecular complexity index is 877. The molecule has 0 atom stereocenters. The Kier molecular flexibility index (Phi) is 5.93. The number of sulfonamides is 2. The van der Waals surface area contributed by atoms with Crippen molar-refractivity contribution >= 4 is 20.0 Å². The van der Waals surface area contributed by atoms with Gasteiger partial charge in [0.2, 0.25) is 20.0 Å². The summed E-state index contributed by atoms with van der Waals surface area (Å²) in [4.78, 5) is 0.358. The molecule has 0 aliphatic carbocycles. The number of hydrogen-bond donors (Lipinski definition) is 1. The fourth-order valence-electron chi connectivity index (χ4n) is 3.18. The van der Waals surface area contributed by atoms with E-state index in [1.165, 1.54) is 4.31 Å². The van der Waals surface area contributed by atoms with Crippen LogP contribution in [0.25, 0.3) is 0 Å². The van der Waals surface area contributed by atoms with Gasteiger partial charge in [0.05, 0.1) is 11.2 Å². The number of rotatable bonds is 4. The molecule has 0 spiro atoms. The molecule has 1 aromatic rings. The summed E-state index contributed by atoms with van der Waals surface area (Å²) < 4.78 is 53.2. The second kappa shape index (κ2) is 7.22. The summed E-state index contributed by atoms with van der Waals surface area (Å²) in [6, 6.07) is 3.63. The zero-order valence-corrected chi connectivity index (χ0v) is 18.1. The fourth-order valence-corrected chi connectivity index (χ4v) is 5.82. The van der Waals surface area contributed by atoms with Gasteiger partial charge in [0.25, 0.3) is 0 Å². The molecule has 6 nitrogen and oxygen atoms in total. The number of aryl methyl sites for hydroxylation is 1. The van der Waals surface area contributed by atoms with Gasteiger partial charge in [-0.1, -0.05) is 26.8 Å². The smallest absolute Gasteiger partial charge is 0.213 e. The van der Waals surface area contributed by atoms with Crippen molar-refractivity contribution in [3.8, 4) is 0 Å². The quantitative estimate of drug-likeness (QED) is 0.838. The van der Waals surface area contributed by atoms with Gasteiger partial charge in [-0.3, -0.25) is 0 Å². The minimum atomic E-state index is -3.61. The largest absolute Gasteiger partial charge is 0.243 e. The molecule has 0 unspecified atom stereocenters. The van der Waals surface area contributed by atoms with Crippen LogP contribution in [0.15, 0.2) is 17.0 Å². The Morgan fingerprint density at radius 2 is 1.58 bits per heavy atom. The molecule has 1 aliphatic rings. The lowest BCUT2D eigenvalue weighted by molar-refractivity contribution is 0.308. The van der Waals surface area contributed by atoms with Crippen LogP contribution in [0.2, 0.25) is 0 Å². The van der Waals surface area contributed by atoms with Crippen molar-refractivity contribution in [2.24, 2.45) is 0 Å². The number of nitrogens with zero attached hydrogens (tertiary/aromatic N) is 1. The summed E-state index contributed by atoms with van der Waals surface area (Å²) in [5, 5.41) is 0. The molecular formula is C18H30N2O4S2. The Hall–Kier alpha value is -0.960. The number of nitrogens with one attached hydrogen (secondary N) is 1. The Labute approximate surface area is 158 Å². The maximum atomic E-state index is 13.2. The van der Waals surface area contributed by atoms with E-state index in [1.54, 1.807) is 6.07 Å². The molecule has 1 saturated heterocycles. The van der Waals surface area contributed by atoms with E-state index < -0.39 is 20.0 Å². The first-order valence-corrected chi connectivity index (χ1v) is 12.1. The minimum absolute atomic E-state index is 0.144. The SMILES string of the molecule is Cc1cc(C(C)(C)C)cc(S(=O)(=O)N2CCC(NS(C)(=O)=O)CC2)c1C. The Balaban J connectivity index is 2.30. The van der Waals surface area contributed by atoms with Gasteiger partial charge in [-0.2, -0.15) is 4.31 Å². The first kappa shape index (κ1) is 21.3. The molecule has 1 fully saturated rings. The van der Waals surface area contributed by atoms with E-state index in [-0.39, 0.29) is 11.5 Å². The van der Waals surface area contributed by atoms with Crippen LogP contribution < -0.4 is 4.72 Å². The average Bonchev–Trinajstić information content (AvgIpc) is 2.47. The normalized spacial score (nSPS) is 18.2. The van der Waals surface area contributed by atoms with Crippen molar-refractivity contribution in [3.05, 3.63) is 28.8 Å². The zero-order valence-electron chi connectivity index (χ0n) is 16.5. The predicted octanol–water partition coefficient (Wildman–Crippen LogP) is 2.30. The highest BCUT2D eigenvalue weighted by molar-refractivity contribution is 7.89. The second-order valence-corrected chi connectivity index (χ2v) is 11.9. The van der Waals surface area contributed by atoms with Gasteiger partial charge in [-0.25, -0.2) is 21.6 Å². The van der Waals surface area contributed by atoms with Gasteiger partial charge < -0.3 is 0 Å². The highest BCUT2D eigenvalue weighted by Crippen LogP contribution is 2.31. The van der Waals surface area contributed by atoms with Gasteiger partial charge in [0.1, 0.15) is 0 Å². The molecule has 0 radical (unpaired) electrons. The van der Waals surface area contributed by atoms with E-state index in [0.717, 1.165) is 22.9 Å². The summed E-state index contributed by atoms with van der Waals surface area (Å²) >= 11 is 0. The van der Waals surface area contributed by atoms with Crippen LogP contribution in [0, 0.1) is 13.8 Å². The molecule has 0 saturated carbocycles. The van der Waals surface area contributed by atoms with Gasteiger partial charge in [-0.15, -0.1) is 0 Å². The maximum absolute atomic E-state index is 13.2. The van der Waals surface area contributed by atoms with Crippen LogP contribution in [0.3, 0.4) is 0 Å². The fraction of sp³-hybridized carbons (Fsp3) is 0.667. The molecule has 1 N–H and O–H groups in total. The van der Waals surface area contributed by atoms with E-state index >= 15 is 0 Å². The highest BCUT2D eigenvalue weighted by atomic mass is 32.2. The van der Waals surface area contributed by atoms with E-state index in [0.29, 0.717) is 30.8 Å². The van der Waals surface area contributed by atoms with Gasteiger partial charge in [0, 0.05) is 19.1 Å². The van der Waals surface area contributed by atoms with Crippen molar-refractivity contribution < 1.29 is 16.8 Å². The molecule has 0 amide bonds. The summed E-state index contributed by atoms with van der Waals surface area (Å²) in [5.41, 5.74) is 2.58. The minimum Gasteiger partial charge on any atom is -0.213 e. The van der Waals surface area contributed by atoms with E-state index in [4.69, 9.17) is 0 Å². The first-order valence-electron chi connectivity index (χ1n) is 8.81. The van der Waals surface area contributed by atoms with Crippen LogP contribution in [0.5, 0.6) is 0 Å². The first-order chi connectivity index (χ1) is 11.7. The van der Waals surface area contributed by atoms with Crippen molar-refractivity contribution in [2.45, 2.75) is 63.8 Å².